The van der Waals surface area contributed by atoms with Gasteiger partial charge in [-0.25, -0.2) is 27.3 Å². The first kappa shape index (κ1) is 24.8. The van der Waals surface area contributed by atoms with Crippen LogP contribution >= 0.6 is 0 Å². The van der Waals surface area contributed by atoms with E-state index < -0.39 is 10.0 Å². The number of nitrogens with zero attached hydrogens (tertiary/aromatic N) is 6. The molecule has 188 valence electrons. The van der Waals surface area contributed by atoms with E-state index in [1.807, 2.05) is 32.8 Å². The second kappa shape index (κ2) is 10.1. The molecular formula is C22H30N8O4S. The second-order valence-corrected chi connectivity index (χ2v) is 10.2. The van der Waals surface area contributed by atoms with Gasteiger partial charge in [0.05, 0.1) is 17.1 Å². The highest BCUT2D eigenvalue weighted by Crippen LogP contribution is 2.32. The number of hydrogen-bond acceptors (Lipinski definition) is 8. The van der Waals surface area contributed by atoms with Gasteiger partial charge in [0, 0.05) is 19.6 Å². The fourth-order valence-corrected chi connectivity index (χ4v) is 4.77. The topological polar surface area (TPSA) is 140 Å². The van der Waals surface area contributed by atoms with Gasteiger partial charge in [-0.05, 0) is 45.1 Å². The number of hydrogen-bond donors (Lipinski definition) is 2. The molecular weight excluding hydrogens is 472 g/mol. The van der Waals surface area contributed by atoms with Crippen LogP contribution in [0.2, 0.25) is 0 Å². The number of H-pyrrole nitrogens is 1. The third-order valence-electron chi connectivity index (χ3n) is 5.43. The van der Waals surface area contributed by atoms with Gasteiger partial charge in [-0.15, -0.1) is 10.2 Å². The molecule has 0 aliphatic carbocycles. The van der Waals surface area contributed by atoms with Crippen molar-refractivity contribution in [3.63, 3.8) is 0 Å². The standard InChI is InChI=1S/C22H30N8O4S/c1-5-10-29-20-18(21-27-23-14-30(21)22(29)31)25-19(26-20)16-13-15(7-8-17(16)34-12-6-2)35(32,33)24-9-11-28(3)4/h7-8,13-14,24H,5-6,9-12H2,1-4H3,(H,25,26). The number of aromatic amines is 1. The predicted octanol–water partition coefficient (Wildman–Crippen LogP) is 1.47. The highest BCUT2D eigenvalue weighted by atomic mass is 32.2. The molecule has 0 aliphatic rings. The van der Waals surface area contributed by atoms with Crippen LogP contribution in [0.4, 0.5) is 0 Å². The monoisotopic (exact) mass is 502 g/mol. The Morgan fingerprint density at radius 3 is 2.69 bits per heavy atom. The van der Waals surface area contributed by atoms with Crippen LogP contribution in [0.3, 0.4) is 0 Å². The number of fused-ring (bicyclic) bond motifs is 3. The largest absolute Gasteiger partial charge is 0.493 e. The third-order valence-corrected chi connectivity index (χ3v) is 6.88. The molecule has 3 aromatic heterocycles. The molecule has 0 fully saturated rings. The normalized spacial score (nSPS) is 12.3. The van der Waals surface area contributed by atoms with Crippen molar-refractivity contribution in [3.05, 3.63) is 35.0 Å². The van der Waals surface area contributed by atoms with E-state index in [2.05, 4.69) is 19.9 Å². The van der Waals surface area contributed by atoms with Crippen molar-refractivity contribution in [1.82, 2.24) is 38.8 Å². The average Bonchev–Trinajstić information content (AvgIpc) is 3.47. The molecule has 4 aromatic rings. The number of benzene rings is 1. The summed E-state index contributed by atoms with van der Waals surface area (Å²) in [5, 5.41) is 7.96. The van der Waals surface area contributed by atoms with Crippen molar-refractivity contribution in [1.29, 1.82) is 0 Å². The van der Waals surface area contributed by atoms with Crippen LogP contribution in [0.1, 0.15) is 26.7 Å². The summed E-state index contributed by atoms with van der Waals surface area (Å²) >= 11 is 0. The molecule has 0 saturated carbocycles. The second-order valence-electron chi connectivity index (χ2n) is 8.45. The van der Waals surface area contributed by atoms with E-state index in [4.69, 9.17) is 9.72 Å². The van der Waals surface area contributed by atoms with E-state index in [1.165, 1.54) is 22.9 Å². The van der Waals surface area contributed by atoms with Gasteiger partial charge >= 0.3 is 5.69 Å². The quantitative estimate of drug-likeness (QED) is 0.314. The minimum absolute atomic E-state index is 0.0918. The van der Waals surface area contributed by atoms with E-state index in [-0.39, 0.29) is 17.1 Å². The van der Waals surface area contributed by atoms with Crippen molar-refractivity contribution in [2.24, 2.45) is 0 Å². The van der Waals surface area contributed by atoms with Gasteiger partial charge in [0.25, 0.3) is 0 Å². The lowest BCUT2D eigenvalue weighted by atomic mass is 10.2. The summed E-state index contributed by atoms with van der Waals surface area (Å²) in [6, 6.07) is 4.67. The smallest absolute Gasteiger partial charge is 0.336 e. The van der Waals surface area contributed by atoms with Gasteiger partial charge in [0.1, 0.15) is 23.4 Å². The summed E-state index contributed by atoms with van der Waals surface area (Å²) in [6.07, 6.45) is 2.87. The van der Waals surface area contributed by atoms with Crippen LogP contribution in [-0.4, -0.2) is 76.2 Å². The molecule has 0 bridgehead atoms. The van der Waals surface area contributed by atoms with Gasteiger partial charge < -0.3 is 14.6 Å². The molecule has 4 rings (SSSR count). The molecule has 13 heteroatoms. The van der Waals surface area contributed by atoms with Crippen LogP contribution in [0.5, 0.6) is 5.75 Å². The van der Waals surface area contributed by atoms with Crippen molar-refractivity contribution in [2.75, 3.05) is 33.8 Å². The highest BCUT2D eigenvalue weighted by molar-refractivity contribution is 7.89. The maximum absolute atomic E-state index is 13.0. The summed E-state index contributed by atoms with van der Waals surface area (Å²) in [5.41, 5.74) is 1.48. The lowest BCUT2D eigenvalue weighted by molar-refractivity contribution is 0.318. The van der Waals surface area contributed by atoms with Crippen LogP contribution in [-0.2, 0) is 16.6 Å². The Balaban J connectivity index is 1.87. The molecule has 0 aliphatic heterocycles. The molecule has 0 radical (unpaired) electrons. The van der Waals surface area contributed by atoms with Crippen molar-refractivity contribution >= 4 is 26.8 Å². The zero-order valence-corrected chi connectivity index (χ0v) is 21.1. The Labute approximate surface area is 203 Å². The molecule has 0 atom stereocenters. The Kier molecular flexibility index (Phi) is 7.19. The van der Waals surface area contributed by atoms with E-state index >= 15 is 0 Å². The Hall–Kier alpha value is -3.29. The fourth-order valence-electron chi connectivity index (χ4n) is 3.72. The molecule has 35 heavy (non-hydrogen) atoms. The summed E-state index contributed by atoms with van der Waals surface area (Å²) in [6.45, 7) is 5.71. The van der Waals surface area contributed by atoms with Crippen LogP contribution < -0.4 is 15.1 Å². The number of aromatic nitrogens is 6. The number of aryl methyl sites for hydroxylation is 1. The molecule has 3 heterocycles. The summed E-state index contributed by atoms with van der Waals surface area (Å²) in [7, 11) is -0.0119. The molecule has 0 saturated heterocycles. The number of likely N-dealkylation sites (N-methyl/N-ethyl adjacent to an activating group) is 1. The van der Waals surface area contributed by atoms with Crippen molar-refractivity contribution < 1.29 is 13.2 Å². The number of ether oxygens (including phenoxy) is 1. The maximum Gasteiger partial charge on any atom is 0.336 e. The predicted molar refractivity (Wildman–Crippen MR) is 132 cm³/mol. The summed E-state index contributed by atoms with van der Waals surface area (Å²) < 4.78 is 37.4. The molecule has 12 nitrogen and oxygen atoms in total. The average molecular weight is 503 g/mol. The van der Waals surface area contributed by atoms with E-state index in [1.54, 1.807) is 10.6 Å². The van der Waals surface area contributed by atoms with Gasteiger partial charge in [-0.2, -0.15) is 0 Å². The molecule has 2 N–H and O–H groups in total. The number of imidazole rings is 1. The lowest BCUT2D eigenvalue weighted by Crippen LogP contribution is -2.31. The molecule has 1 aromatic carbocycles. The zero-order valence-electron chi connectivity index (χ0n) is 20.3. The first-order chi connectivity index (χ1) is 16.8. The first-order valence-electron chi connectivity index (χ1n) is 11.5. The van der Waals surface area contributed by atoms with Crippen molar-refractivity contribution in [3.8, 4) is 17.1 Å². The first-order valence-corrected chi connectivity index (χ1v) is 13.0. The van der Waals surface area contributed by atoms with Gasteiger partial charge in [-0.1, -0.05) is 13.8 Å². The fraction of sp³-hybridized carbons (Fsp3) is 0.455. The van der Waals surface area contributed by atoms with Crippen molar-refractivity contribution in [2.45, 2.75) is 38.1 Å². The van der Waals surface area contributed by atoms with Crippen LogP contribution in [0, 0.1) is 0 Å². The number of nitrogens with one attached hydrogen (secondary N) is 2. The molecule has 0 amide bonds. The van der Waals surface area contributed by atoms with Gasteiger partial charge in [0.2, 0.25) is 10.0 Å². The summed E-state index contributed by atoms with van der Waals surface area (Å²) in [4.78, 5) is 22.9. The minimum atomic E-state index is -3.76. The highest BCUT2D eigenvalue weighted by Gasteiger charge is 2.22. The van der Waals surface area contributed by atoms with Crippen LogP contribution in [0.25, 0.3) is 28.2 Å². The third kappa shape index (κ3) is 4.92. The molecule has 0 unspecified atom stereocenters. The maximum atomic E-state index is 13.0. The Morgan fingerprint density at radius 1 is 1.17 bits per heavy atom. The zero-order chi connectivity index (χ0) is 25.2. The summed E-state index contributed by atoms with van der Waals surface area (Å²) in [5.74, 6) is 0.858. The van der Waals surface area contributed by atoms with Crippen LogP contribution in [0.15, 0.2) is 34.2 Å². The lowest BCUT2D eigenvalue weighted by Gasteiger charge is -2.13. The minimum Gasteiger partial charge on any atom is -0.493 e. The van der Waals surface area contributed by atoms with E-state index in [0.717, 1.165) is 12.8 Å². The molecule has 0 spiro atoms. The van der Waals surface area contributed by atoms with Gasteiger partial charge in [-0.3, -0.25) is 4.57 Å². The Bertz CT molecular complexity index is 1500. The van der Waals surface area contributed by atoms with Gasteiger partial charge in [0.15, 0.2) is 11.3 Å². The SMILES string of the molecule is CCCOc1ccc(S(=O)(=O)NCCN(C)C)cc1-c1nc2c([nH]1)c1nncn1c(=O)n2CCC. The number of rotatable bonds is 11. The Morgan fingerprint density at radius 2 is 1.97 bits per heavy atom. The number of sulfonamides is 1. The van der Waals surface area contributed by atoms with E-state index in [0.29, 0.717) is 53.6 Å². The van der Waals surface area contributed by atoms with E-state index in [9.17, 15) is 13.2 Å².